The minimum absolute atomic E-state index is 0.551. The van der Waals surface area contributed by atoms with E-state index >= 15 is 0 Å². The van der Waals surface area contributed by atoms with Crippen molar-refractivity contribution >= 4 is 21.6 Å². The van der Waals surface area contributed by atoms with Crippen LogP contribution in [0.2, 0.25) is 0 Å². The highest BCUT2D eigenvalue weighted by Gasteiger charge is 2.03. The van der Waals surface area contributed by atoms with Crippen molar-refractivity contribution in [3.63, 3.8) is 0 Å². The zero-order chi connectivity index (χ0) is 12.5. The molecular weight excluding hydrogens is 274 g/mol. The molecule has 0 aliphatic carbocycles. The van der Waals surface area contributed by atoms with Gasteiger partial charge in [-0.15, -0.1) is 0 Å². The third kappa shape index (κ3) is 6.11. The molecule has 0 amide bonds. The first kappa shape index (κ1) is 14.6. The van der Waals surface area contributed by atoms with Gasteiger partial charge in [-0.3, -0.25) is 0 Å². The summed E-state index contributed by atoms with van der Waals surface area (Å²) in [5, 5.41) is 3.55. The second-order valence-electron chi connectivity index (χ2n) is 4.73. The molecule has 0 aliphatic heterocycles. The van der Waals surface area contributed by atoms with Crippen LogP contribution in [-0.4, -0.2) is 6.04 Å². The van der Waals surface area contributed by atoms with Gasteiger partial charge in [0, 0.05) is 16.2 Å². The van der Waals surface area contributed by atoms with Gasteiger partial charge in [0.2, 0.25) is 0 Å². The van der Waals surface area contributed by atoms with Crippen LogP contribution in [0.3, 0.4) is 0 Å². The van der Waals surface area contributed by atoms with E-state index in [1.54, 1.807) is 0 Å². The van der Waals surface area contributed by atoms with Gasteiger partial charge in [-0.05, 0) is 41.4 Å². The number of hydrogen-bond acceptors (Lipinski definition) is 1. The zero-order valence-corrected chi connectivity index (χ0v) is 12.6. The van der Waals surface area contributed by atoms with Crippen molar-refractivity contribution in [1.82, 2.24) is 0 Å². The third-order valence-electron chi connectivity index (χ3n) is 3.02. The van der Waals surface area contributed by atoms with Crippen molar-refractivity contribution in [1.29, 1.82) is 0 Å². The fourth-order valence-electron chi connectivity index (χ4n) is 1.97. The summed E-state index contributed by atoms with van der Waals surface area (Å²) in [7, 11) is 0. The number of unbranched alkanes of at least 4 members (excludes halogenated alkanes) is 4. The van der Waals surface area contributed by atoms with Crippen molar-refractivity contribution in [2.45, 2.75) is 58.4 Å². The predicted octanol–water partition coefficient (Wildman–Crippen LogP) is 5.61. The van der Waals surface area contributed by atoms with Gasteiger partial charge in [0.05, 0.1) is 0 Å². The van der Waals surface area contributed by atoms with E-state index in [1.807, 2.05) is 6.07 Å². The van der Waals surface area contributed by atoms with Gasteiger partial charge >= 0.3 is 0 Å². The fraction of sp³-hybridized carbons (Fsp3) is 0.600. The monoisotopic (exact) mass is 297 g/mol. The van der Waals surface area contributed by atoms with Crippen LogP contribution in [0.5, 0.6) is 0 Å². The molecule has 0 aliphatic rings. The van der Waals surface area contributed by atoms with Crippen LogP contribution in [0.25, 0.3) is 0 Å². The molecule has 0 heterocycles. The van der Waals surface area contributed by atoms with Crippen LogP contribution >= 0.6 is 15.9 Å². The Labute approximate surface area is 114 Å². The molecule has 1 unspecified atom stereocenters. The molecule has 1 aromatic carbocycles. The molecule has 1 N–H and O–H groups in total. The topological polar surface area (TPSA) is 12.0 Å². The van der Waals surface area contributed by atoms with E-state index in [2.05, 4.69) is 53.3 Å². The quantitative estimate of drug-likeness (QED) is 0.615. The first-order chi connectivity index (χ1) is 8.24. The van der Waals surface area contributed by atoms with E-state index < -0.39 is 0 Å². The number of rotatable bonds is 8. The Kier molecular flexibility index (Phi) is 7.34. The lowest BCUT2D eigenvalue weighted by Crippen LogP contribution is -2.15. The molecule has 2 heteroatoms. The SMILES string of the molecule is CCCCCCCC(C)Nc1ccccc1Br. The molecule has 0 saturated heterocycles. The van der Waals surface area contributed by atoms with Crippen molar-refractivity contribution in [2.24, 2.45) is 0 Å². The summed E-state index contributed by atoms with van der Waals surface area (Å²) in [4.78, 5) is 0. The van der Waals surface area contributed by atoms with Gasteiger partial charge in [-0.2, -0.15) is 0 Å². The Balaban J connectivity index is 2.21. The van der Waals surface area contributed by atoms with Crippen LogP contribution in [-0.2, 0) is 0 Å². The average molecular weight is 298 g/mol. The second kappa shape index (κ2) is 8.57. The zero-order valence-electron chi connectivity index (χ0n) is 11.0. The van der Waals surface area contributed by atoms with Gasteiger partial charge in [-0.1, -0.05) is 51.2 Å². The molecule has 0 aromatic heterocycles. The Morgan fingerprint density at radius 3 is 2.53 bits per heavy atom. The van der Waals surface area contributed by atoms with Gasteiger partial charge in [0.1, 0.15) is 0 Å². The Morgan fingerprint density at radius 1 is 1.12 bits per heavy atom. The Bertz CT molecular complexity index is 312. The summed E-state index contributed by atoms with van der Waals surface area (Å²) in [5.41, 5.74) is 1.20. The predicted molar refractivity (Wildman–Crippen MR) is 80.6 cm³/mol. The van der Waals surface area contributed by atoms with E-state index in [9.17, 15) is 0 Å². The molecule has 1 rings (SSSR count). The van der Waals surface area contributed by atoms with Gasteiger partial charge in [0.25, 0.3) is 0 Å². The maximum Gasteiger partial charge on any atom is 0.0486 e. The van der Waals surface area contributed by atoms with Gasteiger partial charge in [0.15, 0.2) is 0 Å². The lowest BCUT2D eigenvalue weighted by molar-refractivity contribution is 0.578. The molecule has 1 aromatic rings. The molecule has 0 spiro atoms. The van der Waals surface area contributed by atoms with Gasteiger partial charge in [-0.25, -0.2) is 0 Å². The van der Waals surface area contributed by atoms with E-state index in [4.69, 9.17) is 0 Å². The van der Waals surface area contributed by atoms with E-state index in [-0.39, 0.29) is 0 Å². The molecule has 0 saturated carbocycles. The summed E-state index contributed by atoms with van der Waals surface area (Å²) in [6.45, 7) is 4.52. The molecule has 96 valence electrons. The van der Waals surface area contributed by atoms with E-state index in [1.165, 1.54) is 44.2 Å². The highest BCUT2D eigenvalue weighted by molar-refractivity contribution is 9.10. The average Bonchev–Trinajstić information content (AvgIpc) is 2.32. The lowest BCUT2D eigenvalue weighted by atomic mass is 10.1. The van der Waals surface area contributed by atoms with Crippen LogP contribution in [0.4, 0.5) is 5.69 Å². The summed E-state index contributed by atoms with van der Waals surface area (Å²) < 4.78 is 1.15. The molecule has 1 nitrogen and oxygen atoms in total. The normalized spacial score (nSPS) is 12.4. The largest absolute Gasteiger partial charge is 0.382 e. The molecule has 0 bridgehead atoms. The van der Waals surface area contributed by atoms with Crippen molar-refractivity contribution < 1.29 is 0 Å². The Hall–Kier alpha value is -0.500. The van der Waals surface area contributed by atoms with E-state index in [0.717, 1.165) is 4.47 Å². The van der Waals surface area contributed by atoms with Crippen LogP contribution in [0.15, 0.2) is 28.7 Å². The summed E-state index contributed by atoms with van der Waals surface area (Å²) in [5.74, 6) is 0. The number of anilines is 1. The number of halogens is 1. The second-order valence-corrected chi connectivity index (χ2v) is 5.58. The Morgan fingerprint density at radius 2 is 1.82 bits per heavy atom. The number of nitrogens with one attached hydrogen (secondary N) is 1. The summed E-state index contributed by atoms with van der Waals surface area (Å²) >= 11 is 3.56. The first-order valence-corrected chi connectivity index (χ1v) is 7.54. The summed E-state index contributed by atoms with van der Waals surface area (Å²) in [6, 6.07) is 8.87. The van der Waals surface area contributed by atoms with Gasteiger partial charge < -0.3 is 5.32 Å². The number of para-hydroxylation sites is 1. The van der Waals surface area contributed by atoms with Crippen molar-refractivity contribution in [3.05, 3.63) is 28.7 Å². The maximum atomic E-state index is 3.56. The standard InChI is InChI=1S/C15H24BrN/c1-3-4-5-6-7-10-13(2)17-15-12-9-8-11-14(15)16/h8-9,11-13,17H,3-7,10H2,1-2H3. The smallest absolute Gasteiger partial charge is 0.0486 e. The van der Waals surface area contributed by atoms with E-state index in [0.29, 0.717) is 6.04 Å². The lowest BCUT2D eigenvalue weighted by Gasteiger charge is -2.16. The third-order valence-corrected chi connectivity index (χ3v) is 3.71. The highest BCUT2D eigenvalue weighted by atomic mass is 79.9. The minimum Gasteiger partial charge on any atom is -0.382 e. The highest BCUT2D eigenvalue weighted by Crippen LogP contribution is 2.22. The van der Waals surface area contributed by atoms with Crippen molar-refractivity contribution in [3.8, 4) is 0 Å². The summed E-state index contributed by atoms with van der Waals surface area (Å²) in [6.07, 6.45) is 8.05. The minimum atomic E-state index is 0.551. The van der Waals surface area contributed by atoms with Crippen molar-refractivity contribution in [2.75, 3.05) is 5.32 Å². The van der Waals surface area contributed by atoms with Crippen LogP contribution in [0.1, 0.15) is 52.4 Å². The number of hydrogen-bond donors (Lipinski definition) is 1. The molecule has 17 heavy (non-hydrogen) atoms. The first-order valence-electron chi connectivity index (χ1n) is 6.75. The number of benzene rings is 1. The maximum absolute atomic E-state index is 3.56. The molecule has 0 radical (unpaired) electrons. The molecule has 0 fully saturated rings. The van der Waals surface area contributed by atoms with Crippen LogP contribution in [0, 0.1) is 0 Å². The van der Waals surface area contributed by atoms with Crippen LogP contribution < -0.4 is 5.32 Å². The molecular formula is C15H24BrN. The molecule has 1 atom stereocenters. The fourth-order valence-corrected chi connectivity index (χ4v) is 2.37.